The Hall–Kier alpha value is -2.88. The highest BCUT2D eigenvalue weighted by atomic mass is 16.5. The van der Waals surface area contributed by atoms with Crippen molar-refractivity contribution in [3.8, 4) is 22.3 Å². The van der Waals surface area contributed by atoms with E-state index < -0.39 is 0 Å². The lowest BCUT2D eigenvalue weighted by molar-refractivity contribution is 0.0521. The van der Waals surface area contributed by atoms with E-state index in [1.165, 1.54) is 0 Å². The van der Waals surface area contributed by atoms with Gasteiger partial charge < -0.3 is 9.72 Å². The van der Waals surface area contributed by atoms with Gasteiger partial charge in [0.15, 0.2) is 0 Å². The van der Waals surface area contributed by atoms with E-state index in [1.54, 1.807) is 19.3 Å². The van der Waals surface area contributed by atoms with Gasteiger partial charge in [-0.2, -0.15) is 0 Å². The van der Waals surface area contributed by atoms with Crippen LogP contribution in [-0.4, -0.2) is 22.5 Å². The quantitative estimate of drug-likeness (QED) is 0.741. The first-order chi connectivity index (χ1) is 10.8. The number of esters is 1. The van der Waals surface area contributed by atoms with E-state index in [1.807, 2.05) is 48.7 Å². The van der Waals surface area contributed by atoms with Crippen LogP contribution in [0.1, 0.15) is 17.4 Å². The summed E-state index contributed by atoms with van der Waals surface area (Å²) < 4.78 is 5.16. The molecule has 3 rings (SSSR count). The van der Waals surface area contributed by atoms with Crippen molar-refractivity contribution in [2.24, 2.45) is 0 Å². The number of ether oxygens (including phenoxy) is 1. The smallest absolute Gasteiger partial charge is 0.355 e. The Morgan fingerprint density at radius 2 is 1.82 bits per heavy atom. The van der Waals surface area contributed by atoms with Gasteiger partial charge >= 0.3 is 5.97 Å². The molecule has 110 valence electrons. The molecule has 2 aromatic heterocycles. The summed E-state index contributed by atoms with van der Waals surface area (Å²) in [5.41, 5.74) is 4.25. The summed E-state index contributed by atoms with van der Waals surface area (Å²) >= 11 is 0. The zero-order valence-electron chi connectivity index (χ0n) is 12.2. The van der Waals surface area contributed by atoms with E-state index in [0.29, 0.717) is 12.3 Å². The minimum Gasteiger partial charge on any atom is -0.461 e. The van der Waals surface area contributed by atoms with Gasteiger partial charge in [0.05, 0.1) is 6.61 Å². The Balaban J connectivity index is 2.18. The molecule has 3 aromatic rings. The summed E-state index contributed by atoms with van der Waals surface area (Å²) in [4.78, 5) is 19.3. The van der Waals surface area contributed by atoms with Crippen LogP contribution in [0.4, 0.5) is 0 Å². The highest BCUT2D eigenvalue weighted by molar-refractivity contribution is 6.01. The number of nitrogens with zero attached hydrogens (tertiary/aromatic N) is 1. The van der Waals surface area contributed by atoms with Crippen molar-refractivity contribution < 1.29 is 9.53 Å². The van der Waals surface area contributed by atoms with Gasteiger partial charge in [0.25, 0.3) is 0 Å². The van der Waals surface area contributed by atoms with Crippen LogP contribution in [0.15, 0.2) is 61.1 Å². The van der Waals surface area contributed by atoms with Crippen molar-refractivity contribution >= 4 is 5.97 Å². The molecule has 0 amide bonds. The fourth-order valence-corrected chi connectivity index (χ4v) is 2.45. The largest absolute Gasteiger partial charge is 0.461 e. The molecule has 1 N–H and O–H groups in total. The number of rotatable bonds is 4. The number of carbonyl (C=O) groups is 1. The van der Waals surface area contributed by atoms with Gasteiger partial charge in [0.1, 0.15) is 5.69 Å². The average molecular weight is 292 g/mol. The van der Waals surface area contributed by atoms with Gasteiger partial charge in [-0.15, -0.1) is 0 Å². The standard InChI is InChI=1S/C18H16N2O2/c1-2-22-18(21)17-16(14-6-4-3-5-7-14)15(12-20-17)13-8-10-19-11-9-13/h3-12,20H,2H2,1H3. The van der Waals surface area contributed by atoms with Crippen LogP contribution in [0.2, 0.25) is 0 Å². The van der Waals surface area contributed by atoms with Crippen molar-refractivity contribution in [3.05, 3.63) is 66.7 Å². The maximum absolute atomic E-state index is 12.2. The predicted molar refractivity (Wildman–Crippen MR) is 85.4 cm³/mol. The monoisotopic (exact) mass is 292 g/mol. The molecule has 0 aliphatic rings. The molecule has 0 unspecified atom stereocenters. The number of hydrogen-bond donors (Lipinski definition) is 1. The number of nitrogens with one attached hydrogen (secondary N) is 1. The third-order valence-electron chi connectivity index (χ3n) is 3.41. The van der Waals surface area contributed by atoms with Crippen molar-refractivity contribution in [2.75, 3.05) is 6.61 Å². The van der Waals surface area contributed by atoms with Crippen molar-refractivity contribution in [1.82, 2.24) is 9.97 Å². The fourth-order valence-electron chi connectivity index (χ4n) is 2.45. The first-order valence-electron chi connectivity index (χ1n) is 7.15. The molecule has 0 fully saturated rings. The Kier molecular flexibility index (Phi) is 4.01. The summed E-state index contributed by atoms with van der Waals surface area (Å²) in [6.07, 6.45) is 5.31. The average Bonchev–Trinajstić information content (AvgIpc) is 3.02. The Morgan fingerprint density at radius 3 is 2.50 bits per heavy atom. The van der Waals surface area contributed by atoms with Crippen LogP contribution in [0.3, 0.4) is 0 Å². The lowest BCUT2D eigenvalue weighted by Gasteiger charge is -2.08. The predicted octanol–water partition coefficient (Wildman–Crippen LogP) is 3.92. The molecule has 0 atom stereocenters. The van der Waals surface area contributed by atoms with Crippen LogP contribution in [0.25, 0.3) is 22.3 Å². The molecule has 4 heteroatoms. The number of aromatic nitrogens is 2. The minimum atomic E-state index is -0.346. The van der Waals surface area contributed by atoms with Gasteiger partial charge in [-0.1, -0.05) is 30.3 Å². The van der Waals surface area contributed by atoms with Crippen molar-refractivity contribution in [1.29, 1.82) is 0 Å². The number of hydrogen-bond acceptors (Lipinski definition) is 3. The molecule has 0 aliphatic carbocycles. The summed E-state index contributed by atoms with van der Waals surface area (Å²) in [5, 5.41) is 0. The number of benzene rings is 1. The van der Waals surface area contributed by atoms with Gasteiger partial charge in [-0.25, -0.2) is 4.79 Å². The molecule has 0 spiro atoms. The van der Waals surface area contributed by atoms with Gasteiger partial charge in [-0.05, 0) is 30.2 Å². The Bertz CT molecular complexity index is 764. The first-order valence-corrected chi connectivity index (χ1v) is 7.15. The Labute approximate surface area is 128 Å². The molecular formula is C18H16N2O2. The number of aromatic amines is 1. The zero-order chi connectivity index (χ0) is 15.4. The summed E-state index contributed by atoms with van der Waals surface area (Å²) in [6.45, 7) is 2.14. The minimum absolute atomic E-state index is 0.344. The van der Waals surface area contributed by atoms with Crippen LogP contribution < -0.4 is 0 Å². The second-order valence-electron chi connectivity index (χ2n) is 4.77. The third-order valence-corrected chi connectivity index (χ3v) is 3.41. The van der Waals surface area contributed by atoms with Gasteiger partial charge in [-0.3, -0.25) is 4.98 Å². The molecule has 1 aromatic carbocycles. The number of pyridine rings is 1. The van der Waals surface area contributed by atoms with Crippen LogP contribution in [0.5, 0.6) is 0 Å². The maximum Gasteiger partial charge on any atom is 0.355 e. The molecule has 22 heavy (non-hydrogen) atoms. The maximum atomic E-state index is 12.2. The first kappa shape index (κ1) is 14.1. The second kappa shape index (κ2) is 6.26. The van der Waals surface area contributed by atoms with E-state index in [2.05, 4.69) is 9.97 Å². The Morgan fingerprint density at radius 1 is 1.09 bits per heavy atom. The van der Waals surface area contributed by atoms with E-state index in [9.17, 15) is 4.79 Å². The SMILES string of the molecule is CCOC(=O)c1[nH]cc(-c2ccncc2)c1-c1ccccc1. The van der Waals surface area contributed by atoms with Gasteiger partial charge in [0.2, 0.25) is 0 Å². The fraction of sp³-hybridized carbons (Fsp3) is 0.111. The molecule has 0 aliphatic heterocycles. The highest BCUT2D eigenvalue weighted by Crippen LogP contribution is 2.35. The van der Waals surface area contributed by atoms with E-state index in [0.717, 1.165) is 22.3 Å². The lowest BCUT2D eigenvalue weighted by Crippen LogP contribution is -2.06. The summed E-state index contributed by atoms with van der Waals surface area (Å²) in [7, 11) is 0. The molecule has 0 saturated heterocycles. The van der Waals surface area contributed by atoms with Crippen LogP contribution >= 0.6 is 0 Å². The molecular weight excluding hydrogens is 276 g/mol. The molecule has 0 bridgehead atoms. The lowest BCUT2D eigenvalue weighted by atomic mass is 9.97. The van der Waals surface area contributed by atoms with E-state index >= 15 is 0 Å². The van der Waals surface area contributed by atoms with Crippen molar-refractivity contribution in [2.45, 2.75) is 6.92 Å². The zero-order valence-corrected chi connectivity index (χ0v) is 12.2. The normalized spacial score (nSPS) is 10.4. The summed E-state index contributed by atoms with van der Waals surface area (Å²) in [6, 6.07) is 13.7. The highest BCUT2D eigenvalue weighted by Gasteiger charge is 2.20. The number of carbonyl (C=O) groups excluding carboxylic acids is 1. The third kappa shape index (κ3) is 2.63. The molecule has 0 radical (unpaired) electrons. The number of H-pyrrole nitrogens is 1. The van der Waals surface area contributed by atoms with Gasteiger partial charge in [0, 0.05) is 29.7 Å². The molecule has 2 heterocycles. The molecule has 4 nitrogen and oxygen atoms in total. The van der Waals surface area contributed by atoms with Crippen molar-refractivity contribution in [3.63, 3.8) is 0 Å². The summed E-state index contributed by atoms with van der Waals surface area (Å²) in [5.74, 6) is -0.346. The van der Waals surface area contributed by atoms with Crippen LogP contribution in [-0.2, 0) is 4.74 Å². The van der Waals surface area contributed by atoms with Crippen LogP contribution in [0, 0.1) is 0 Å². The topological polar surface area (TPSA) is 55.0 Å². The second-order valence-corrected chi connectivity index (χ2v) is 4.77. The van der Waals surface area contributed by atoms with E-state index in [-0.39, 0.29) is 5.97 Å². The molecule has 0 saturated carbocycles. The van der Waals surface area contributed by atoms with E-state index in [4.69, 9.17) is 4.74 Å².